The zero-order valence-electron chi connectivity index (χ0n) is 16.4. The fourth-order valence-electron chi connectivity index (χ4n) is 2.15. The van der Waals surface area contributed by atoms with E-state index in [0.717, 1.165) is 38.5 Å². The SMILES string of the molecule is CCCCCCCCOP(=O)([O-])OCCCCCCCC.NCCO. The summed E-state index contributed by atoms with van der Waals surface area (Å²) in [5, 5.41) is 7.75. The van der Waals surface area contributed by atoms with Crippen molar-refractivity contribution in [3.05, 3.63) is 0 Å². The van der Waals surface area contributed by atoms with Gasteiger partial charge in [-0.15, -0.1) is 0 Å². The average molecular weight is 383 g/mol. The Bertz CT molecular complexity index is 269. The number of unbranched alkanes of at least 4 members (excludes halogenated alkanes) is 10. The van der Waals surface area contributed by atoms with E-state index >= 15 is 0 Å². The Balaban J connectivity index is 0. The van der Waals surface area contributed by atoms with Gasteiger partial charge in [0.05, 0.1) is 19.8 Å². The standard InChI is InChI=1S/C16H35O4P.C2H7NO/c1-3-5-7-9-11-13-15-19-21(17,18)20-16-14-12-10-8-6-4-2;3-1-2-4/h3-16H2,1-2H3,(H,17,18);4H,1-3H2/p-1. The van der Waals surface area contributed by atoms with Crippen molar-refractivity contribution in [2.75, 3.05) is 26.4 Å². The number of rotatable bonds is 17. The molecule has 0 unspecified atom stereocenters. The minimum atomic E-state index is -4.07. The van der Waals surface area contributed by atoms with Crippen molar-refractivity contribution in [3.63, 3.8) is 0 Å². The van der Waals surface area contributed by atoms with Crippen LogP contribution in [0.15, 0.2) is 0 Å². The van der Waals surface area contributed by atoms with Crippen molar-refractivity contribution in [1.82, 2.24) is 0 Å². The van der Waals surface area contributed by atoms with Gasteiger partial charge in [0.2, 0.25) is 0 Å². The highest BCUT2D eigenvalue weighted by molar-refractivity contribution is 7.45. The van der Waals surface area contributed by atoms with E-state index in [1.54, 1.807) is 0 Å². The van der Waals surface area contributed by atoms with Crippen LogP contribution in [-0.2, 0) is 13.6 Å². The molecule has 0 saturated heterocycles. The second-order valence-corrected chi connectivity index (χ2v) is 7.57. The maximum atomic E-state index is 11.5. The van der Waals surface area contributed by atoms with E-state index < -0.39 is 7.82 Å². The highest BCUT2D eigenvalue weighted by atomic mass is 31.2. The first-order valence-corrected chi connectivity index (χ1v) is 11.4. The van der Waals surface area contributed by atoms with Crippen molar-refractivity contribution in [2.24, 2.45) is 5.73 Å². The number of phosphoric acid groups is 1. The summed E-state index contributed by atoms with van der Waals surface area (Å²) in [6.45, 7) is 5.34. The van der Waals surface area contributed by atoms with Gasteiger partial charge in [-0.1, -0.05) is 78.1 Å². The van der Waals surface area contributed by atoms with Gasteiger partial charge in [0, 0.05) is 6.54 Å². The summed E-state index contributed by atoms with van der Waals surface area (Å²) in [6, 6.07) is 0. The van der Waals surface area contributed by atoms with Crippen LogP contribution in [0, 0.1) is 0 Å². The zero-order chi connectivity index (χ0) is 19.2. The minimum absolute atomic E-state index is 0.0972. The maximum absolute atomic E-state index is 11.5. The monoisotopic (exact) mass is 382 g/mol. The first-order chi connectivity index (χ1) is 12.0. The molecule has 0 aliphatic rings. The van der Waals surface area contributed by atoms with Gasteiger partial charge < -0.3 is 24.8 Å². The fourth-order valence-corrected chi connectivity index (χ4v) is 2.93. The van der Waals surface area contributed by atoms with Crippen LogP contribution in [0.2, 0.25) is 0 Å². The summed E-state index contributed by atoms with van der Waals surface area (Å²) < 4.78 is 21.2. The van der Waals surface area contributed by atoms with Crippen molar-refractivity contribution < 1.29 is 23.6 Å². The van der Waals surface area contributed by atoms with Crippen molar-refractivity contribution in [2.45, 2.75) is 90.9 Å². The number of nitrogens with two attached hydrogens (primary N) is 1. The van der Waals surface area contributed by atoms with E-state index in [1.165, 1.54) is 38.5 Å². The highest BCUT2D eigenvalue weighted by Crippen LogP contribution is 2.38. The number of hydrogen-bond donors (Lipinski definition) is 2. The normalized spacial score (nSPS) is 11.2. The summed E-state index contributed by atoms with van der Waals surface area (Å²) in [4.78, 5) is 11.5. The topological polar surface area (TPSA) is 105 Å². The molecular weight excluding hydrogens is 341 g/mol. The van der Waals surface area contributed by atoms with Crippen LogP contribution in [0.4, 0.5) is 0 Å². The summed E-state index contributed by atoms with van der Waals surface area (Å²) in [5.41, 5.74) is 4.78. The van der Waals surface area contributed by atoms with E-state index in [1.807, 2.05) is 0 Å². The first kappa shape index (κ1) is 27.3. The Hall–Kier alpha value is 0.0300. The molecule has 0 aliphatic carbocycles. The quantitative estimate of drug-likeness (QED) is 0.289. The lowest BCUT2D eigenvalue weighted by atomic mass is 10.1. The van der Waals surface area contributed by atoms with Crippen LogP contribution in [-0.4, -0.2) is 31.5 Å². The van der Waals surface area contributed by atoms with Crippen molar-refractivity contribution in [1.29, 1.82) is 0 Å². The number of phosphoric ester groups is 1. The lowest BCUT2D eigenvalue weighted by Crippen LogP contribution is -2.10. The molecule has 3 N–H and O–H groups in total. The molecule has 0 aromatic heterocycles. The fraction of sp³-hybridized carbons (Fsp3) is 1.00. The van der Waals surface area contributed by atoms with Crippen LogP contribution in [0.1, 0.15) is 90.9 Å². The van der Waals surface area contributed by atoms with E-state index in [4.69, 9.17) is 19.9 Å². The third-order valence-electron chi connectivity index (χ3n) is 3.62. The van der Waals surface area contributed by atoms with Gasteiger partial charge in [-0.05, 0) is 12.8 Å². The second kappa shape index (κ2) is 22.1. The van der Waals surface area contributed by atoms with Crippen LogP contribution < -0.4 is 10.6 Å². The third-order valence-corrected chi connectivity index (χ3v) is 4.62. The molecule has 0 fully saturated rings. The molecule has 0 amide bonds. The van der Waals surface area contributed by atoms with Crippen LogP contribution in [0.3, 0.4) is 0 Å². The van der Waals surface area contributed by atoms with Crippen LogP contribution >= 0.6 is 7.82 Å². The lowest BCUT2D eigenvalue weighted by Gasteiger charge is -2.22. The van der Waals surface area contributed by atoms with Crippen LogP contribution in [0.5, 0.6) is 0 Å². The highest BCUT2D eigenvalue weighted by Gasteiger charge is 2.08. The molecule has 6 nitrogen and oxygen atoms in total. The predicted octanol–water partition coefficient (Wildman–Crippen LogP) is 4.15. The summed E-state index contributed by atoms with van der Waals surface area (Å²) in [6.07, 6.45) is 13.3. The third kappa shape index (κ3) is 26.4. The molecule has 0 heterocycles. The van der Waals surface area contributed by atoms with Gasteiger partial charge in [-0.25, -0.2) is 0 Å². The molecular formula is C18H41NO5P-. The molecule has 0 aliphatic heterocycles. The lowest BCUT2D eigenvalue weighted by molar-refractivity contribution is -0.225. The molecule has 25 heavy (non-hydrogen) atoms. The number of hydrogen-bond acceptors (Lipinski definition) is 6. The largest absolute Gasteiger partial charge is 0.756 e. The molecule has 0 atom stereocenters. The number of aliphatic hydroxyl groups excluding tert-OH is 1. The van der Waals surface area contributed by atoms with E-state index in [0.29, 0.717) is 6.54 Å². The van der Waals surface area contributed by atoms with Crippen molar-refractivity contribution in [3.8, 4) is 0 Å². The molecule has 7 heteroatoms. The van der Waals surface area contributed by atoms with Crippen molar-refractivity contribution >= 4 is 7.82 Å². The van der Waals surface area contributed by atoms with Gasteiger partial charge in [-0.3, -0.25) is 4.57 Å². The number of aliphatic hydroxyl groups is 1. The van der Waals surface area contributed by atoms with Crippen LogP contribution in [0.25, 0.3) is 0 Å². The Morgan fingerprint density at radius 1 is 0.800 bits per heavy atom. The van der Waals surface area contributed by atoms with E-state index in [-0.39, 0.29) is 19.8 Å². The van der Waals surface area contributed by atoms with Gasteiger partial charge in [-0.2, -0.15) is 0 Å². The minimum Gasteiger partial charge on any atom is -0.756 e. The Morgan fingerprint density at radius 3 is 1.44 bits per heavy atom. The predicted molar refractivity (Wildman–Crippen MR) is 102 cm³/mol. The summed E-state index contributed by atoms with van der Waals surface area (Å²) in [5.74, 6) is 0. The molecule has 0 spiro atoms. The average Bonchev–Trinajstić information content (AvgIpc) is 2.60. The first-order valence-electron chi connectivity index (χ1n) is 9.95. The van der Waals surface area contributed by atoms with Gasteiger partial charge in [0.1, 0.15) is 0 Å². The molecule has 154 valence electrons. The molecule has 0 saturated carbocycles. The molecule has 0 aromatic rings. The maximum Gasteiger partial charge on any atom is 0.267 e. The Labute approximate surface area is 155 Å². The summed E-state index contributed by atoms with van der Waals surface area (Å²) >= 11 is 0. The molecule has 0 bridgehead atoms. The van der Waals surface area contributed by atoms with Gasteiger partial charge >= 0.3 is 0 Å². The van der Waals surface area contributed by atoms with Gasteiger partial charge in [0.15, 0.2) is 0 Å². The van der Waals surface area contributed by atoms with E-state index in [9.17, 15) is 9.46 Å². The zero-order valence-corrected chi connectivity index (χ0v) is 17.3. The summed E-state index contributed by atoms with van der Waals surface area (Å²) in [7, 11) is -4.07. The molecule has 0 aromatic carbocycles. The molecule has 0 radical (unpaired) electrons. The van der Waals surface area contributed by atoms with Gasteiger partial charge in [0.25, 0.3) is 7.82 Å². The molecule has 0 rings (SSSR count). The second-order valence-electron chi connectivity index (χ2n) is 6.16. The smallest absolute Gasteiger partial charge is 0.267 e. The van der Waals surface area contributed by atoms with E-state index in [2.05, 4.69) is 13.8 Å². The Morgan fingerprint density at radius 2 is 1.12 bits per heavy atom. The Kier molecular flexibility index (Phi) is 24.1.